The van der Waals surface area contributed by atoms with Crippen LogP contribution in [0.2, 0.25) is 0 Å². The van der Waals surface area contributed by atoms with E-state index in [-0.39, 0.29) is 0 Å². The third kappa shape index (κ3) is 4.06. The number of anilines is 2. The van der Waals surface area contributed by atoms with Crippen molar-refractivity contribution in [3.8, 4) is 0 Å². The summed E-state index contributed by atoms with van der Waals surface area (Å²) in [4.78, 5) is 9.20. The molecule has 1 saturated carbocycles. The molecule has 5 nitrogen and oxygen atoms in total. The number of nitrogens with two attached hydrogens (primary N) is 1. The highest BCUT2D eigenvalue weighted by atomic mass is 15.3. The van der Waals surface area contributed by atoms with Crippen molar-refractivity contribution in [1.29, 1.82) is 0 Å². The summed E-state index contributed by atoms with van der Waals surface area (Å²) in [7, 11) is 0. The van der Waals surface area contributed by atoms with Crippen molar-refractivity contribution in [2.75, 3.05) is 10.7 Å². The molecule has 5 heteroatoms. The van der Waals surface area contributed by atoms with E-state index in [0.717, 1.165) is 35.9 Å². The Morgan fingerprint density at radius 1 is 1.14 bits per heavy atom. The first-order valence-electron chi connectivity index (χ1n) is 8.26. The first-order valence-corrected chi connectivity index (χ1v) is 8.26. The third-order valence-electron chi connectivity index (χ3n) is 4.49. The van der Waals surface area contributed by atoms with Crippen LogP contribution in [0.4, 0.5) is 11.6 Å². The normalized spacial score (nSPS) is 22.7. The van der Waals surface area contributed by atoms with Crippen LogP contribution < -0.4 is 16.6 Å². The first kappa shape index (κ1) is 16.0. The van der Waals surface area contributed by atoms with Crippen molar-refractivity contribution in [2.24, 2.45) is 11.8 Å². The van der Waals surface area contributed by atoms with Crippen LogP contribution in [0.1, 0.15) is 63.8 Å². The molecule has 0 amide bonds. The lowest BCUT2D eigenvalue weighted by molar-refractivity contribution is 0.455. The van der Waals surface area contributed by atoms with Gasteiger partial charge >= 0.3 is 0 Å². The number of nitrogens with one attached hydrogen (secondary N) is 2. The zero-order chi connectivity index (χ0) is 15.2. The van der Waals surface area contributed by atoms with Gasteiger partial charge in [-0.3, -0.25) is 0 Å². The van der Waals surface area contributed by atoms with Crippen molar-refractivity contribution >= 4 is 11.6 Å². The number of nitrogens with zero attached hydrogens (tertiary/aromatic N) is 2. The van der Waals surface area contributed by atoms with E-state index in [9.17, 15) is 0 Å². The maximum atomic E-state index is 5.60. The van der Waals surface area contributed by atoms with Gasteiger partial charge in [-0.1, -0.05) is 33.1 Å². The molecule has 2 unspecified atom stereocenters. The van der Waals surface area contributed by atoms with Gasteiger partial charge in [0.05, 0.1) is 0 Å². The number of aryl methyl sites for hydroxylation is 1. The van der Waals surface area contributed by atoms with Crippen LogP contribution >= 0.6 is 0 Å². The fourth-order valence-corrected chi connectivity index (χ4v) is 3.06. The predicted octanol–water partition coefficient (Wildman–Crippen LogP) is 3.40. The van der Waals surface area contributed by atoms with Crippen molar-refractivity contribution in [3.05, 3.63) is 11.4 Å². The summed E-state index contributed by atoms with van der Waals surface area (Å²) < 4.78 is 0. The Balaban J connectivity index is 2.22. The van der Waals surface area contributed by atoms with Crippen LogP contribution in [-0.4, -0.2) is 16.0 Å². The number of hydrazine groups is 1. The van der Waals surface area contributed by atoms with Gasteiger partial charge in [0.2, 0.25) is 0 Å². The molecule has 1 aliphatic rings. The molecule has 0 radical (unpaired) electrons. The van der Waals surface area contributed by atoms with Gasteiger partial charge in [0.15, 0.2) is 0 Å². The third-order valence-corrected chi connectivity index (χ3v) is 4.49. The molecule has 0 saturated heterocycles. The minimum atomic E-state index is 0.501. The van der Waals surface area contributed by atoms with Crippen LogP contribution in [0.25, 0.3) is 0 Å². The molecule has 1 heterocycles. The van der Waals surface area contributed by atoms with Gasteiger partial charge in [-0.2, -0.15) is 0 Å². The van der Waals surface area contributed by atoms with E-state index >= 15 is 0 Å². The monoisotopic (exact) mass is 291 g/mol. The molecule has 1 fully saturated rings. The largest absolute Gasteiger partial charge is 0.367 e. The van der Waals surface area contributed by atoms with E-state index in [4.69, 9.17) is 10.8 Å². The maximum Gasteiger partial charge on any atom is 0.148 e. The minimum Gasteiger partial charge on any atom is -0.367 e. The summed E-state index contributed by atoms with van der Waals surface area (Å²) in [5, 5.41) is 3.67. The second kappa shape index (κ2) is 7.59. The molecule has 1 aliphatic carbocycles. The smallest absolute Gasteiger partial charge is 0.148 e. The highest BCUT2D eigenvalue weighted by Crippen LogP contribution is 2.28. The summed E-state index contributed by atoms with van der Waals surface area (Å²) >= 11 is 0. The SMILES string of the molecule is CCCc1nc(NN)c(C)c(NC2CCCCCC2C)n1. The van der Waals surface area contributed by atoms with Gasteiger partial charge < -0.3 is 10.7 Å². The minimum absolute atomic E-state index is 0.501. The van der Waals surface area contributed by atoms with Crippen LogP contribution in [0.15, 0.2) is 0 Å². The Morgan fingerprint density at radius 2 is 1.86 bits per heavy atom. The van der Waals surface area contributed by atoms with Crippen LogP contribution in [0, 0.1) is 12.8 Å². The molecule has 1 aromatic heterocycles. The molecule has 0 aromatic carbocycles. The van der Waals surface area contributed by atoms with Gasteiger partial charge in [-0.05, 0) is 32.1 Å². The van der Waals surface area contributed by atoms with Crippen LogP contribution in [0.5, 0.6) is 0 Å². The van der Waals surface area contributed by atoms with E-state index in [1.807, 2.05) is 6.92 Å². The Kier molecular flexibility index (Phi) is 5.79. The topological polar surface area (TPSA) is 75.9 Å². The number of rotatable bonds is 5. The Labute approximate surface area is 128 Å². The number of hydrogen-bond donors (Lipinski definition) is 3. The maximum absolute atomic E-state index is 5.60. The molecule has 2 atom stereocenters. The summed E-state index contributed by atoms with van der Waals surface area (Å²) in [5.41, 5.74) is 3.71. The molecule has 4 N–H and O–H groups in total. The van der Waals surface area contributed by atoms with Crippen molar-refractivity contribution in [1.82, 2.24) is 9.97 Å². The lowest BCUT2D eigenvalue weighted by Gasteiger charge is -2.25. The van der Waals surface area contributed by atoms with Crippen LogP contribution in [-0.2, 0) is 6.42 Å². The van der Waals surface area contributed by atoms with Crippen LogP contribution in [0.3, 0.4) is 0 Å². The summed E-state index contributed by atoms with van der Waals surface area (Å²) in [6, 6.07) is 0.501. The van der Waals surface area contributed by atoms with Gasteiger partial charge in [0.25, 0.3) is 0 Å². The molecule has 21 heavy (non-hydrogen) atoms. The molecule has 0 bridgehead atoms. The lowest BCUT2D eigenvalue weighted by atomic mass is 9.97. The standard InChI is InChI=1S/C16H29N5/c1-4-8-14-19-15(12(3)16(20-14)21-17)18-13-10-7-5-6-9-11(13)2/h11,13H,4-10,17H2,1-3H3,(H2,18,19,20,21). The average Bonchev–Trinajstić information content (AvgIpc) is 2.67. The Hall–Kier alpha value is -1.36. The second-order valence-electron chi connectivity index (χ2n) is 6.22. The van der Waals surface area contributed by atoms with E-state index in [1.54, 1.807) is 0 Å². The molecule has 118 valence electrons. The predicted molar refractivity (Wildman–Crippen MR) is 88.2 cm³/mol. The summed E-state index contributed by atoms with van der Waals surface area (Å²) in [6.07, 6.45) is 8.43. The number of nitrogen functional groups attached to an aromatic ring is 1. The van der Waals surface area contributed by atoms with Gasteiger partial charge in [0, 0.05) is 18.0 Å². The van der Waals surface area contributed by atoms with Crippen molar-refractivity contribution < 1.29 is 0 Å². The first-order chi connectivity index (χ1) is 10.2. The molecule has 2 rings (SSSR count). The summed E-state index contributed by atoms with van der Waals surface area (Å²) in [6.45, 7) is 6.50. The highest BCUT2D eigenvalue weighted by molar-refractivity contribution is 5.57. The van der Waals surface area contributed by atoms with Crippen molar-refractivity contribution in [2.45, 2.75) is 71.8 Å². The lowest BCUT2D eigenvalue weighted by Crippen LogP contribution is -2.28. The zero-order valence-corrected chi connectivity index (χ0v) is 13.6. The summed E-state index contributed by atoms with van der Waals surface area (Å²) in [5.74, 6) is 8.83. The van der Waals surface area contributed by atoms with E-state index in [1.165, 1.54) is 32.1 Å². The van der Waals surface area contributed by atoms with Gasteiger partial charge in [-0.25, -0.2) is 15.8 Å². The quantitative estimate of drug-likeness (QED) is 0.440. The van der Waals surface area contributed by atoms with Gasteiger partial charge in [0.1, 0.15) is 17.5 Å². The second-order valence-corrected chi connectivity index (χ2v) is 6.22. The van der Waals surface area contributed by atoms with Crippen molar-refractivity contribution in [3.63, 3.8) is 0 Å². The molecular weight excluding hydrogens is 262 g/mol. The fraction of sp³-hybridized carbons (Fsp3) is 0.750. The van der Waals surface area contributed by atoms with E-state index in [2.05, 4.69) is 29.6 Å². The highest BCUT2D eigenvalue weighted by Gasteiger charge is 2.21. The molecule has 0 spiro atoms. The molecular formula is C16H29N5. The fourth-order valence-electron chi connectivity index (χ4n) is 3.06. The Morgan fingerprint density at radius 3 is 2.57 bits per heavy atom. The van der Waals surface area contributed by atoms with Gasteiger partial charge in [-0.15, -0.1) is 0 Å². The molecule has 1 aromatic rings. The zero-order valence-electron chi connectivity index (χ0n) is 13.6. The van der Waals surface area contributed by atoms with E-state index < -0.39 is 0 Å². The molecule has 0 aliphatic heterocycles. The number of hydrogen-bond acceptors (Lipinski definition) is 5. The Bertz CT molecular complexity index is 460. The number of aromatic nitrogens is 2. The van der Waals surface area contributed by atoms with E-state index in [0.29, 0.717) is 12.0 Å². The average molecular weight is 291 g/mol.